The molecule has 18 heteroatoms. The molecule has 0 saturated carbocycles. The molecule has 1 saturated heterocycles. The van der Waals surface area contributed by atoms with Crippen LogP contribution in [0.3, 0.4) is 0 Å². The normalized spacial score (nSPS) is 16.9. The van der Waals surface area contributed by atoms with E-state index < -0.39 is 54.6 Å². The Balaban J connectivity index is 3.08. The second-order valence-electron chi connectivity index (χ2n) is 22.8. The molecular weight excluding hydrogens is 1060 g/mol. The number of hydrogen-bond acceptors (Lipinski definition) is 18. The number of rotatable bonds is 56. The van der Waals surface area contributed by atoms with Gasteiger partial charge in [-0.3, -0.25) is 33.6 Å². The van der Waals surface area contributed by atoms with Crippen LogP contribution in [0.25, 0.3) is 0 Å². The Morgan fingerprint density at radius 1 is 0.325 bits per heavy atom. The minimum Gasteiger partial charge on any atom is -0.466 e. The molecule has 5 unspecified atom stereocenters. The summed E-state index contributed by atoms with van der Waals surface area (Å²) in [5.41, 5.74) is 0. The van der Waals surface area contributed by atoms with Gasteiger partial charge in [0, 0.05) is 53.9 Å². The first-order chi connectivity index (χ1) is 40.2. The summed E-state index contributed by atoms with van der Waals surface area (Å²) in [4.78, 5) is 92.4. The molecule has 1 aliphatic heterocycles. The molecule has 83 heavy (non-hydrogen) atoms. The van der Waals surface area contributed by atoms with Gasteiger partial charge in [0.15, 0.2) is 24.6 Å². The molecule has 18 nitrogen and oxygen atoms in total. The van der Waals surface area contributed by atoms with Crippen LogP contribution in [-0.2, 0) is 76.2 Å². The number of carbonyl (C=O) groups excluding carboxylic acids is 7. The predicted molar refractivity (Wildman–Crippen MR) is 322 cm³/mol. The van der Waals surface area contributed by atoms with E-state index in [1.807, 2.05) is 0 Å². The molecule has 0 aromatic carbocycles. The highest BCUT2D eigenvalue weighted by Crippen LogP contribution is 2.30. The molecule has 1 rings (SSSR count). The van der Waals surface area contributed by atoms with Crippen molar-refractivity contribution in [2.75, 3.05) is 72.3 Å². The van der Waals surface area contributed by atoms with E-state index in [9.17, 15) is 33.6 Å². The van der Waals surface area contributed by atoms with Gasteiger partial charge in [-0.1, -0.05) is 194 Å². The van der Waals surface area contributed by atoms with Gasteiger partial charge < -0.3 is 52.4 Å². The fraction of sp³-hybridized carbons (Fsp3) is 0.892. The third-order valence-electron chi connectivity index (χ3n) is 15.0. The van der Waals surface area contributed by atoms with Crippen molar-refractivity contribution in [2.45, 2.75) is 304 Å². The van der Waals surface area contributed by atoms with Crippen LogP contribution in [0, 0.1) is 0 Å². The first-order valence-corrected chi connectivity index (χ1v) is 33.0. The van der Waals surface area contributed by atoms with E-state index in [4.69, 9.17) is 42.6 Å². The third kappa shape index (κ3) is 45.2. The van der Waals surface area contributed by atoms with Crippen molar-refractivity contribution < 1.29 is 76.2 Å². The van der Waals surface area contributed by atoms with Gasteiger partial charge in [0.25, 0.3) is 0 Å². The average Bonchev–Trinajstić information content (AvgIpc) is 3.37. The Hall–Kier alpha value is -3.87. The molecule has 0 aromatic rings. The standard InChI is InChI=1S/C65H118N2O16/c1-8-11-14-17-20-23-26-29-32-35-49-75-59(72)40-46-66(45-39-52-78-65-64(82-57(7)71)63(81-56(6)70)62(80-55(5)69)58(83-65)53-79-54(4)68)43-38-44-67(47-41-60(73)76-50-36-33-30-27-24-21-18-15-12-9-2)48-42-61(74)77-51-37-34-31-28-25-22-19-16-13-10-3/h58,62-65H,8-53H2,1-7H3. The second-order valence-corrected chi connectivity index (χ2v) is 22.8. The predicted octanol–water partition coefficient (Wildman–Crippen LogP) is 13.0. The molecule has 484 valence electrons. The molecular formula is C65H118N2O16. The highest BCUT2D eigenvalue weighted by Gasteiger charge is 2.52. The molecule has 1 fully saturated rings. The largest absolute Gasteiger partial charge is 0.466 e. The topological polar surface area (TPSA) is 209 Å². The summed E-state index contributed by atoms with van der Waals surface area (Å²) >= 11 is 0. The van der Waals surface area contributed by atoms with E-state index >= 15 is 0 Å². The van der Waals surface area contributed by atoms with Gasteiger partial charge >= 0.3 is 41.8 Å². The van der Waals surface area contributed by atoms with Crippen molar-refractivity contribution in [3.63, 3.8) is 0 Å². The third-order valence-corrected chi connectivity index (χ3v) is 15.0. The van der Waals surface area contributed by atoms with Gasteiger partial charge in [0.2, 0.25) is 0 Å². The summed E-state index contributed by atoms with van der Waals surface area (Å²) in [7, 11) is 0. The summed E-state index contributed by atoms with van der Waals surface area (Å²) in [5, 5.41) is 0. The molecule has 1 aliphatic rings. The molecule has 5 atom stereocenters. The molecule has 0 amide bonds. The van der Waals surface area contributed by atoms with Crippen LogP contribution in [0.5, 0.6) is 0 Å². The molecule has 1 heterocycles. The van der Waals surface area contributed by atoms with Gasteiger partial charge in [0.1, 0.15) is 12.7 Å². The maximum Gasteiger partial charge on any atom is 0.307 e. The molecule has 0 N–H and O–H groups in total. The zero-order valence-electron chi connectivity index (χ0n) is 53.3. The van der Waals surface area contributed by atoms with Crippen molar-refractivity contribution in [3.05, 3.63) is 0 Å². The van der Waals surface area contributed by atoms with Crippen molar-refractivity contribution >= 4 is 41.8 Å². The molecule has 0 aromatic heterocycles. The number of hydrogen-bond donors (Lipinski definition) is 0. The number of esters is 7. The summed E-state index contributed by atoms with van der Waals surface area (Å²) in [6.07, 6.45) is 30.8. The monoisotopic (exact) mass is 1180 g/mol. The van der Waals surface area contributed by atoms with Crippen LogP contribution < -0.4 is 0 Å². The van der Waals surface area contributed by atoms with Gasteiger partial charge in [0.05, 0.1) is 45.7 Å². The fourth-order valence-electron chi connectivity index (χ4n) is 10.3. The second kappa shape index (κ2) is 53.6. The zero-order valence-corrected chi connectivity index (χ0v) is 53.3. The van der Waals surface area contributed by atoms with Gasteiger partial charge in [-0.2, -0.15) is 0 Å². The van der Waals surface area contributed by atoms with Crippen molar-refractivity contribution in [3.8, 4) is 0 Å². The van der Waals surface area contributed by atoms with Crippen LogP contribution in [0.1, 0.15) is 273 Å². The minimum atomic E-state index is -1.36. The van der Waals surface area contributed by atoms with E-state index in [1.54, 1.807) is 0 Å². The maximum atomic E-state index is 13.1. The lowest BCUT2D eigenvalue weighted by molar-refractivity contribution is -0.308. The lowest BCUT2D eigenvalue weighted by atomic mass is 9.98. The van der Waals surface area contributed by atoms with E-state index in [1.165, 1.54) is 149 Å². The Morgan fingerprint density at radius 2 is 0.639 bits per heavy atom. The summed E-state index contributed by atoms with van der Waals surface area (Å²) < 4.78 is 51.2. The van der Waals surface area contributed by atoms with Crippen LogP contribution in [0.4, 0.5) is 0 Å². The SMILES string of the molecule is CCCCCCCCCCCCOC(=O)CCN(CCCOC1OC(COC(C)=O)C(OC(C)=O)C(OC(C)=O)C1OC(C)=O)CCCN(CCC(=O)OCCCCCCCCCCCC)CCC(=O)OCCCCCCCCCCCC. The van der Waals surface area contributed by atoms with Crippen molar-refractivity contribution in [1.29, 1.82) is 0 Å². The van der Waals surface area contributed by atoms with Crippen molar-refractivity contribution in [1.82, 2.24) is 9.80 Å². The van der Waals surface area contributed by atoms with Gasteiger partial charge in [-0.25, -0.2) is 0 Å². The van der Waals surface area contributed by atoms with E-state index in [0.29, 0.717) is 71.9 Å². The van der Waals surface area contributed by atoms with Gasteiger partial charge in [-0.15, -0.1) is 0 Å². The Bertz CT molecular complexity index is 1630. The molecule has 0 bridgehead atoms. The van der Waals surface area contributed by atoms with Crippen LogP contribution in [-0.4, -0.2) is 155 Å². The minimum absolute atomic E-state index is 0.0576. The lowest BCUT2D eigenvalue weighted by Crippen LogP contribution is -2.63. The molecule has 0 radical (unpaired) electrons. The number of unbranched alkanes of at least 4 members (excludes halogenated alkanes) is 27. The number of carbonyl (C=O) groups is 7. The first-order valence-electron chi connectivity index (χ1n) is 33.0. The fourth-order valence-corrected chi connectivity index (χ4v) is 10.3. The smallest absolute Gasteiger partial charge is 0.307 e. The first kappa shape index (κ1) is 77.1. The average molecular weight is 1180 g/mol. The Morgan fingerprint density at radius 3 is 0.988 bits per heavy atom. The van der Waals surface area contributed by atoms with E-state index in [2.05, 4.69) is 30.6 Å². The Kier molecular flexibility index (Phi) is 49.8. The van der Waals surface area contributed by atoms with Crippen LogP contribution in [0.15, 0.2) is 0 Å². The summed E-state index contributed by atoms with van der Waals surface area (Å²) in [6, 6.07) is 0. The number of ether oxygens (including phenoxy) is 9. The van der Waals surface area contributed by atoms with E-state index in [-0.39, 0.29) is 50.4 Å². The highest BCUT2D eigenvalue weighted by molar-refractivity contribution is 5.71. The highest BCUT2D eigenvalue weighted by atomic mass is 16.7. The Labute approximate surface area is 502 Å². The lowest BCUT2D eigenvalue weighted by Gasteiger charge is -2.44. The summed E-state index contributed by atoms with van der Waals surface area (Å²) in [5.74, 6) is -3.63. The molecule has 0 aliphatic carbocycles. The van der Waals surface area contributed by atoms with Gasteiger partial charge in [-0.05, 0) is 45.2 Å². The van der Waals surface area contributed by atoms with Crippen LogP contribution >= 0.6 is 0 Å². The zero-order chi connectivity index (χ0) is 61.0. The van der Waals surface area contributed by atoms with Crippen LogP contribution in [0.2, 0.25) is 0 Å². The molecule has 0 spiro atoms. The summed E-state index contributed by atoms with van der Waals surface area (Å²) in [6.45, 7) is 15.1. The quantitative estimate of drug-likeness (QED) is 0.0315. The number of nitrogens with zero attached hydrogens (tertiary/aromatic N) is 2. The van der Waals surface area contributed by atoms with Crippen molar-refractivity contribution in [2.24, 2.45) is 0 Å². The van der Waals surface area contributed by atoms with E-state index in [0.717, 1.165) is 71.6 Å². The maximum absolute atomic E-state index is 13.1.